The van der Waals surface area contributed by atoms with Gasteiger partial charge in [-0.3, -0.25) is 10.1 Å². The zero-order valence-electron chi connectivity index (χ0n) is 15.0. The van der Waals surface area contributed by atoms with Crippen molar-refractivity contribution in [2.45, 2.75) is 6.61 Å². The SMILES string of the molecule is N#C/C(=C/c1ccc(OCc2ccc([N+](=O)[O-])cc2)cc1)c1ccc(Cl)c(Cl)c1. The average molecular weight is 425 g/mol. The van der Waals surface area contributed by atoms with Crippen molar-refractivity contribution in [3.8, 4) is 11.8 Å². The van der Waals surface area contributed by atoms with Gasteiger partial charge in [0.2, 0.25) is 0 Å². The second-order valence-corrected chi connectivity index (χ2v) is 6.89. The predicted molar refractivity (Wildman–Crippen MR) is 114 cm³/mol. The number of nitrogens with zero attached hydrogens (tertiary/aromatic N) is 2. The molecule has 29 heavy (non-hydrogen) atoms. The van der Waals surface area contributed by atoms with Crippen molar-refractivity contribution in [2.24, 2.45) is 0 Å². The second kappa shape index (κ2) is 9.24. The molecule has 5 nitrogen and oxygen atoms in total. The van der Waals surface area contributed by atoms with E-state index in [1.165, 1.54) is 12.1 Å². The van der Waals surface area contributed by atoms with Crippen molar-refractivity contribution in [1.82, 2.24) is 0 Å². The maximum absolute atomic E-state index is 10.7. The molecule has 0 aliphatic heterocycles. The van der Waals surface area contributed by atoms with E-state index >= 15 is 0 Å². The highest BCUT2D eigenvalue weighted by atomic mass is 35.5. The fraction of sp³-hybridized carbons (Fsp3) is 0.0455. The maximum Gasteiger partial charge on any atom is 0.269 e. The van der Waals surface area contributed by atoms with Gasteiger partial charge in [0, 0.05) is 12.1 Å². The Labute approximate surface area is 177 Å². The molecule has 0 amide bonds. The summed E-state index contributed by atoms with van der Waals surface area (Å²) in [5, 5.41) is 21.0. The molecule has 144 valence electrons. The van der Waals surface area contributed by atoms with Gasteiger partial charge >= 0.3 is 0 Å². The lowest BCUT2D eigenvalue weighted by atomic mass is 10.0. The smallest absolute Gasteiger partial charge is 0.269 e. The van der Waals surface area contributed by atoms with Gasteiger partial charge in [0.1, 0.15) is 12.4 Å². The molecule has 0 unspecified atom stereocenters. The van der Waals surface area contributed by atoms with Crippen molar-refractivity contribution in [3.63, 3.8) is 0 Å². The van der Waals surface area contributed by atoms with Crippen LogP contribution in [0.3, 0.4) is 0 Å². The highest BCUT2D eigenvalue weighted by molar-refractivity contribution is 6.42. The van der Waals surface area contributed by atoms with Gasteiger partial charge in [-0.2, -0.15) is 5.26 Å². The Balaban J connectivity index is 1.68. The first-order chi connectivity index (χ1) is 14.0. The largest absolute Gasteiger partial charge is 0.489 e. The van der Waals surface area contributed by atoms with Crippen LogP contribution in [0.15, 0.2) is 66.7 Å². The first kappa shape index (κ1) is 20.4. The molecule has 7 heteroatoms. The van der Waals surface area contributed by atoms with Crippen molar-refractivity contribution >= 4 is 40.5 Å². The lowest BCUT2D eigenvalue weighted by Gasteiger charge is -2.07. The molecule has 0 saturated heterocycles. The van der Waals surface area contributed by atoms with E-state index in [4.69, 9.17) is 27.9 Å². The number of ether oxygens (including phenoxy) is 1. The standard InChI is InChI=1S/C22H14Cl2N2O3/c23-21-10-5-17(12-22(21)24)18(13-25)11-15-3-8-20(9-4-15)29-14-16-1-6-19(7-2-16)26(27)28/h1-12H,14H2/b18-11-. The number of nitriles is 1. The topological polar surface area (TPSA) is 76.2 Å². The number of rotatable bonds is 6. The van der Waals surface area contributed by atoms with Crippen molar-refractivity contribution < 1.29 is 9.66 Å². The van der Waals surface area contributed by atoms with E-state index in [1.807, 2.05) is 12.1 Å². The van der Waals surface area contributed by atoms with Crippen LogP contribution in [0.1, 0.15) is 16.7 Å². The molecule has 0 atom stereocenters. The first-order valence-electron chi connectivity index (χ1n) is 8.49. The third-order valence-corrected chi connectivity index (χ3v) is 4.83. The number of nitro groups is 1. The molecule has 0 radical (unpaired) electrons. The molecule has 0 aliphatic carbocycles. The van der Waals surface area contributed by atoms with Crippen molar-refractivity contribution in [3.05, 3.63) is 104 Å². The van der Waals surface area contributed by atoms with Gasteiger partial charge in [0.15, 0.2) is 0 Å². The number of hydrogen-bond donors (Lipinski definition) is 0. The highest BCUT2D eigenvalue weighted by Crippen LogP contribution is 2.27. The molecule has 0 heterocycles. The number of hydrogen-bond acceptors (Lipinski definition) is 4. The van der Waals surface area contributed by atoms with E-state index in [1.54, 1.807) is 48.5 Å². The number of nitro benzene ring substituents is 1. The van der Waals surface area contributed by atoms with Crippen molar-refractivity contribution in [2.75, 3.05) is 0 Å². The molecule has 0 saturated carbocycles. The van der Waals surface area contributed by atoms with Crippen LogP contribution in [0.2, 0.25) is 10.0 Å². The first-order valence-corrected chi connectivity index (χ1v) is 9.25. The summed E-state index contributed by atoms with van der Waals surface area (Å²) in [6.07, 6.45) is 1.75. The summed E-state index contributed by atoms with van der Waals surface area (Å²) in [6.45, 7) is 0.292. The van der Waals surface area contributed by atoms with Gasteiger partial charge in [-0.15, -0.1) is 0 Å². The zero-order chi connectivity index (χ0) is 20.8. The molecule has 3 aromatic carbocycles. The second-order valence-electron chi connectivity index (χ2n) is 6.08. The summed E-state index contributed by atoms with van der Waals surface area (Å²) < 4.78 is 5.70. The molecule has 0 fully saturated rings. The van der Waals surface area contributed by atoms with Crippen LogP contribution in [0.25, 0.3) is 11.6 Å². The van der Waals surface area contributed by atoms with Gasteiger partial charge in [-0.1, -0.05) is 41.4 Å². The molecule has 0 aliphatic rings. The van der Waals surface area contributed by atoms with Crippen LogP contribution in [-0.4, -0.2) is 4.92 Å². The van der Waals surface area contributed by atoms with E-state index in [-0.39, 0.29) is 5.69 Å². The summed E-state index contributed by atoms with van der Waals surface area (Å²) >= 11 is 12.0. The lowest BCUT2D eigenvalue weighted by Crippen LogP contribution is -1.96. The minimum Gasteiger partial charge on any atom is -0.489 e. The lowest BCUT2D eigenvalue weighted by molar-refractivity contribution is -0.384. The quantitative estimate of drug-likeness (QED) is 0.194. The van der Waals surface area contributed by atoms with Crippen LogP contribution in [0.4, 0.5) is 5.69 Å². The summed E-state index contributed by atoms with van der Waals surface area (Å²) in [7, 11) is 0. The van der Waals surface area contributed by atoms with E-state index in [0.717, 1.165) is 11.1 Å². The van der Waals surface area contributed by atoms with Gasteiger partial charge in [-0.05, 0) is 59.2 Å². The summed E-state index contributed by atoms with van der Waals surface area (Å²) in [6, 6.07) is 20.7. The number of allylic oxidation sites excluding steroid dienone is 1. The van der Waals surface area contributed by atoms with Gasteiger partial charge in [0.25, 0.3) is 5.69 Å². The Hall–Kier alpha value is -3.33. The molecule has 0 aromatic heterocycles. The van der Waals surface area contributed by atoms with E-state index in [2.05, 4.69) is 6.07 Å². The molecule has 0 N–H and O–H groups in total. The fourth-order valence-electron chi connectivity index (χ4n) is 2.55. The van der Waals surface area contributed by atoms with Crippen LogP contribution >= 0.6 is 23.2 Å². The minimum absolute atomic E-state index is 0.0418. The van der Waals surface area contributed by atoms with Gasteiger partial charge in [-0.25, -0.2) is 0 Å². The normalized spacial score (nSPS) is 11.0. The number of halogens is 2. The number of non-ortho nitro benzene ring substituents is 1. The van der Waals surface area contributed by atoms with Crippen LogP contribution in [0, 0.1) is 21.4 Å². The highest BCUT2D eigenvalue weighted by Gasteiger charge is 2.06. The Bertz CT molecular complexity index is 1100. The Morgan fingerprint density at radius 3 is 2.31 bits per heavy atom. The number of benzene rings is 3. The third-order valence-electron chi connectivity index (χ3n) is 4.09. The molecular weight excluding hydrogens is 411 g/mol. The molecule has 0 bridgehead atoms. The van der Waals surface area contributed by atoms with Gasteiger partial charge in [0.05, 0.1) is 26.6 Å². The van der Waals surface area contributed by atoms with Crippen LogP contribution < -0.4 is 4.74 Å². The molecule has 0 spiro atoms. The maximum atomic E-state index is 10.7. The average Bonchev–Trinajstić information content (AvgIpc) is 2.73. The third kappa shape index (κ3) is 5.35. The molecule has 3 aromatic rings. The zero-order valence-corrected chi connectivity index (χ0v) is 16.5. The van der Waals surface area contributed by atoms with E-state index < -0.39 is 4.92 Å². The Morgan fingerprint density at radius 2 is 1.72 bits per heavy atom. The van der Waals surface area contributed by atoms with E-state index in [0.29, 0.717) is 33.5 Å². The summed E-state index contributed by atoms with van der Waals surface area (Å²) in [5.74, 6) is 0.647. The Morgan fingerprint density at radius 1 is 1.03 bits per heavy atom. The monoisotopic (exact) mass is 424 g/mol. The molecular formula is C22H14Cl2N2O3. The Kier molecular flexibility index (Phi) is 6.50. The van der Waals surface area contributed by atoms with Crippen LogP contribution in [0.5, 0.6) is 5.75 Å². The minimum atomic E-state index is -0.440. The van der Waals surface area contributed by atoms with Crippen molar-refractivity contribution in [1.29, 1.82) is 5.26 Å². The van der Waals surface area contributed by atoms with Crippen LogP contribution in [-0.2, 0) is 6.61 Å². The van der Waals surface area contributed by atoms with Gasteiger partial charge < -0.3 is 4.74 Å². The molecule has 3 rings (SSSR count). The summed E-state index contributed by atoms with van der Waals surface area (Å²) in [5.41, 5.74) is 2.84. The predicted octanol–water partition coefficient (Wildman–Crippen LogP) is 6.54. The summed E-state index contributed by atoms with van der Waals surface area (Å²) in [4.78, 5) is 10.2. The van der Waals surface area contributed by atoms with E-state index in [9.17, 15) is 15.4 Å². The fourth-order valence-corrected chi connectivity index (χ4v) is 2.85.